The average Bonchev–Trinajstić information content (AvgIpc) is 3.01. The molecular formula is C23H34N2O. The lowest BCUT2D eigenvalue weighted by molar-refractivity contribution is 0.101. The molecule has 142 valence electrons. The van der Waals surface area contributed by atoms with Crippen molar-refractivity contribution in [1.29, 1.82) is 0 Å². The van der Waals surface area contributed by atoms with Crippen LogP contribution in [0.4, 0.5) is 0 Å². The number of aromatic nitrogens is 1. The highest BCUT2D eigenvalue weighted by Crippen LogP contribution is 2.26. The normalized spacial score (nSPS) is 16.4. The van der Waals surface area contributed by atoms with E-state index in [9.17, 15) is 4.79 Å². The summed E-state index contributed by atoms with van der Waals surface area (Å²) in [6, 6.07) is 6.28. The van der Waals surface area contributed by atoms with Crippen LogP contribution < -0.4 is 0 Å². The van der Waals surface area contributed by atoms with E-state index < -0.39 is 0 Å². The number of benzene rings is 1. The van der Waals surface area contributed by atoms with Crippen LogP contribution in [0.1, 0.15) is 68.3 Å². The van der Waals surface area contributed by atoms with Gasteiger partial charge in [0.05, 0.1) is 5.52 Å². The van der Waals surface area contributed by atoms with Crippen molar-refractivity contribution < 1.29 is 4.79 Å². The molecule has 0 amide bonds. The van der Waals surface area contributed by atoms with Crippen LogP contribution >= 0.6 is 0 Å². The summed E-state index contributed by atoms with van der Waals surface area (Å²) in [6.45, 7) is 10.8. The molecule has 1 aliphatic heterocycles. The molecule has 0 N–H and O–H groups in total. The van der Waals surface area contributed by atoms with Gasteiger partial charge in [0.15, 0.2) is 5.78 Å². The third-order valence-electron chi connectivity index (χ3n) is 6.03. The van der Waals surface area contributed by atoms with Crippen molar-refractivity contribution in [3.05, 3.63) is 35.5 Å². The van der Waals surface area contributed by atoms with Crippen LogP contribution in [0, 0.1) is 12.8 Å². The molecule has 1 aromatic carbocycles. The SMILES string of the molecule is CCCCC1CCN(CCCn2cc(C(C)=O)c3cccc(C)c32)CC1. The molecule has 1 aliphatic rings. The number of likely N-dealkylation sites (tertiary alicyclic amines) is 1. The van der Waals surface area contributed by atoms with Crippen LogP contribution in [0.15, 0.2) is 24.4 Å². The molecule has 0 radical (unpaired) electrons. The first-order chi connectivity index (χ1) is 12.6. The Bertz CT molecular complexity index is 738. The van der Waals surface area contributed by atoms with E-state index in [1.54, 1.807) is 6.92 Å². The fourth-order valence-corrected chi connectivity index (χ4v) is 4.46. The number of aryl methyl sites for hydroxylation is 2. The molecule has 2 aromatic rings. The second-order valence-corrected chi connectivity index (χ2v) is 8.04. The smallest absolute Gasteiger partial charge is 0.161 e. The maximum absolute atomic E-state index is 12.0. The summed E-state index contributed by atoms with van der Waals surface area (Å²) >= 11 is 0. The largest absolute Gasteiger partial charge is 0.346 e. The molecule has 3 heteroatoms. The van der Waals surface area contributed by atoms with E-state index >= 15 is 0 Å². The zero-order chi connectivity index (χ0) is 18.5. The number of nitrogens with zero attached hydrogens (tertiary/aromatic N) is 2. The van der Waals surface area contributed by atoms with Gasteiger partial charge in [0.25, 0.3) is 0 Å². The summed E-state index contributed by atoms with van der Waals surface area (Å²) in [7, 11) is 0. The predicted octanol–water partition coefficient (Wildman–Crippen LogP) is 5.44. The van der Waals surface area contributed by atoms with E-state index in [2.05, 4.69) is 47.7 Å². The fourth-order valence-electron chi connectivity index (χ4n) is 4.46. The molecule has 0 aliphatic carbocycles. The molecule has 3 nitrogen and oxygen atoms in total. The van der Waals surface area contributed by atoms with Crippen molar-refractivity contribution in [1.82, 2.24) is 9.47 Å². The van der Waals surface area contributed by atoms with E-state index in [0.29, 0.717) is 0 Å². The minimum atomic E-state index is 0.161. The first kappa shape index (κ1) is 19.2. The summed E-state index contributed by atoms with van der Waals surface area (Å²) in [5, 5.41) is 1.11. The van der Waals surface area contributed by atoms with E-state index in [-0.39, 0.29) is 5.78 Å². The Balaban J connectivity index is 1.57. The Morgan fingerprint density at radius 2 is 1.92 bits per heavy atom. The quantitative estimate of drug-likeness (QED) is 0.589. The summed E-state index contributed by atoms with van der Waals surface area (Å²) in [6.07, 6.45) is 10.1. The van der Waals surface area contributed by atoms with Gasteiger partial charge in [-0.05, 0) is 64.2 Å². The maximum atomic E-state index is 12.0. The number of rotatable bonds is 8. The van der Waals surface area contributed by atoms with Gasteiger partial charge >= 0.3 is 0 Å². The van der Waals surface area contributed by atoms with E-state index in [0.717, 1.165) is 29.8 Å². The molecule has 3 rings (SSSR count). The summed E-state index contributed by atoms with van der Waals surface area (Å²) in [5.74, 6) is 1.12. The van der Waals surface area contributed by atoms with Crippen LogP contribution in [0.25, 0.3) is 10.9 Å². The Morgan fingerprint density at radius 1 is 1.15 bits per heavy atom. The number of Topliss-reactive ketones (excluding diaryl/α,β-unsaturated/α-hetero) is 1. The third kappa shape index (κ3) is 4.37. The molecule has 0 saturated carbocycles. The van der Waals surface area contributed by atoms with Gasteiger partial charge in [0.2, 0.25) is 0 Å². The zero-order valence-electron chi connectivity index (χ0n) is 16.8. The second-order valence-electron chi connectivity index (χ2n) is 8.04. The van der Waals surface area contributed by atoms with Gasteiger partial charge in [0.1, 0.15) is 0 Å². The number of para-hydroxylation sites is 1. The average molecular weight is 355 g/mol. The van der Waals surface area contributed by atoms with Crippen LogP contribution in [-0.2, 0) is 6.54 Å². The number of fused-ring (bicyclic) bond motifs is 1. The van der Waals surface area contributed by atoms with E-state index in [4.69, 9.17) is 0 Å². The van der Waals surface area contributed by atoms with Crippen molar-refractivity contribution >= 4 is 16.7 Å². The highest BCUT2D eigenvalue weighted by molar-refractivity contribution is 6.07. The van der Waals surface area contributed by atoms with Gasteiger partial charge in [-0.3, -0.25) is 4.79 Å². The lowest BCUT2D eigenvalue weighted by Crippen LogP contribution is -2.34. The van der Waals surface area contributed by atoms with Gasteiger partial charge in [-0.1, -0.05) is 44.4 Å². The van der Waals surface area contributed by atoms with Crippen molar-refractivity contribution in [2.45, 2.75) is 65.8 Å². The first-order valence-corrected chi connectivity index (χ1v) is 10.4. The number of carbonyl (C=O) groups is 1. The van der Waals surface area contributed by atoms with Gasteiger partial charge in [-0.25, -0.2) is 0 Å². The zero-order valence-corrected chi connectivity index (χ0v) is 16.8. The maximum Gasteiger partial charge on any atom is 0.161 e. The van der Waals surface area contributed by atoms with Crippen LogP contribution in [0.3, 0.4) is 0 Å². The van der Waals surface area contributed by atoms with E-state index in [1.165, 1.54) is 62.8 Å². The van der Waals surface area contributed by atoms with Gasteiger partial charge in [-0.2, -0.15) is 0 Å². The lowest BCUT2D eigenvalue weighted by Gasteiger charge is -2.32. The van der Waals surface area contributed by atoms with E-state index in [1.807, 2.05) is 0 Å². The van der Waals surface area contributed by atoms with Gasteiger partial charge in [0, 0.05) is 23.7 Å². The second kappa shape index (κ2) is 8.85. The Kier molecular flexibility index (Phi) is 6.53. The van der Waals surface area contributed by atoms with Gasteiger partial charge < -0.3 is 9.47 Å². The minimum Gasteiger partial charge on any atom is -0.346 e. The van der Waals surface area contributed by atoms with Crippen LogP contribution in [-0.4, -0.2) is 34.9 Å². The Hall–Kier alpha value is -1.61. The number of hydrogen-bond acceptors (Lipinski definition) is 2. The molecule has 26 heavy (non-hydrogen) atoms. The van der Waals surface area contributed by atoms with Crippen molar-refractivity contribution in [2.24, 2.45) is 5.92 Å². The molecule has 0 atom stereocenters. The highest BCUT2D eigenvalue weighted by atomic mass is 16.1. The van der Waals surface area contributed by atoms with Crippen LogP contribution in [0.5, 0.6) is 0 Å². The lowest BCUT2D eigenvalue weighted by atomic mass is 9.91. The molecular weight excluding hydrogens is 320 g/mol. The number of hydrogen-bond donors (Lipinski definition) is 0. The fraction of sp³-hybridized carbons (Fsp3) is 0.609. The summed E-state index contributed by atoms with van der Waals surface area (Å²) in [4.78, 5) is 14.6. The number of piperidine rings is 1. The first-order valence-electron chi connectivity index (χ1n) is 10.4. The minimum absolute atomic E-state index is 0.161. The molecule has 1 fully saturated rings. The third-order valence-corrected chi connectivity index (χ3v) is 6.03. The van der Waals surface area contributed by atoms with Gasteiger partial charge in [-0.15, -0.1) is 0 Å². The Morgan fingerprint density at radius 3 is 2.62 bits per heavy atom. The monoisotopic (exact) mass is 354 g/mol. The molecule has 1 saturated heterocycles. The standard InChI is InChI=1S/C23H34N2O/c1-4-5-9-20-11-15-24(16-12-20)13-7-14-25-17-22(19(3)26)21-10-6-8-18(2)23(21)25/h6,8,10,17,20H,4-5,7,9,11-16H2,1-3H3. The van der Waals surface area contributed by atoms with Crippen molar-refractivity contribution in [2.75, 3.05) is 19.6 Å². The van der Waals surface area contributed by atoms with Crippen molar-refractivity contribution in [3.63, 3.8) is 0 Å². The summed E-state index contributed by atoms with van der Waals surface area (Å²) in [5.41, 5.74) is 3.35. The predicted molar refractivity (Wildman–Crippen MR) is 110 cm³/mol. The number of carbonyl (C=O) groups excluding carboxylic acids is 1. The molecule has 0 spiro atoms. The summed E-state index contributed by atoms with van der Waals surface area (Å²) < 4.78 is 2.30. The molecule has 0 unspecified atom stereocenters. The number of ketones is 1. The van der Waals surface area contributed by atoms with Crippen LogP contribution in [0.2, 0.25) is 0 Å². The topological polar surface area (TPSA) is 25.2 Å². The molecule has 0 bridgehead atoms. The highest BCUT2D eigenvalue weighted by Gasteiger charge is 2.18. The molecule has 2 heterocycles. The number of unbranched alkanes of at least 4 members (excludes halogenated alkanes) is 1. The Labute approximate surface area is 158 Å². The molecule has 1 aromatic heterocycles. The van der Waals surface area contributed by atoms with Crippen molar-refractivity contribution in [3.8, 4) is 0 Å².